The molecule has 2 aromatic heterocycles. The Bertz CT molecular complexity index is 1400. The number of hydrogen-bond donors (Lipinski definition) is 1. The number of nitrogens with one attached hydrogen (secondary N) is 1. The summed E-state index contributed by atoms with van der Waals surface area (Å²) in [5.74, 6) is 0.793. The number of rotatable bonds is 5. The summed E-state index contributed by atoms with van der Waals surface area (Å²) in [5, 5.41) is 8.13. The van der Waals surface area contributed by atoms with Crippen LogP contribution in [0.3, 0.4) is 0 Å². The maximum Gasteiger partial charge on any atom is 0.410 e. The lowest BCUT2D eigenvalue weighted by molar-refractivity contribution is -0.0954. The number of fused-ring (bicyclic) bond motifs is 1. The molecule has 210 valence electrons. The van der Waals surface area contributed by atoms with Crippen molar-refractivity contribution in [2.45, 2.75) is 38.2 Å². The molecule has 0 unspecified atom stereocenters. The number of carbonyl (C=O) groups excluding carboxylic acids is 2. The van der Waals surface area contributed by atoms with E-state index in [1.807, 2.05) is 52.9 Å². The number of hydrogen-bond acceptors (Lipinski definition) is 7. The van der Waals surface area contributed by atoms with Gasteiger partial charge in [-0.15, -0.1) is 0 Å². The molecule has 3 aromatic rings. The smallest absolute Gasteiger partial charge is 0.410 e. The summed E-state index contributed by atoms with van der Waals surface area (Å²) in [6.07, 6.45) is 6.74. The van der Waals surface area contributed by atoms with Crippen molar-refractivity contribution in [3.8, 4) is 0 Å². The lowest BCUT2D eigenvalue weighted by Gasteiger charge is -2.44. The third-order valence-corrected chi connectivity index (χ3v) is 8.15. The zero-order chi connectivity index (χ0) is 27.5. The first-order valence-electron chi connectivity index (χ1n) is 14.2. The Kier molecular flexibility index (Phi) is 7.53. The van der Waals surface area contributed by atoms with Gasteiger partial charge in [0.25, 0.3) is 5.91 Å². The lowest BCUT2D eigenvalue weighted by atomic mass is 9.89. The van der Waals surface area contributed by atoms with Crippen molar-refractivity contribution >= 4 is 23.2 Å². The van der Waals surface area contributed by atoms with Crippen molar-refractivity contribution in [2.75, 3.05) is 52.5 Å². The molecule has 5 heterocycles. The van der Waals surface area contributed by atoms with Crippen LogP contribution < -0.4 is 5.32 Å². The number of benzene rings is 1. The van der Waals surface area contributed by atoms with Gasteiger partial charge in [0, 0.05) is 63.0 Å². The van der Waals surface area contributed by atoms with Crippen LogP contribution in [-0.2, 0) is 15.9 Å². The second-order valence-corrected chi connectivity index (χ2v) is 10.7. The minimum atomic E-state index is -0.274. The standard InChI is InChI=1S/C30H36N6O4/c1-2-39-29(38)35-15-9-23(10-16-35)25-4-3-14-36-27(25)32-26(33-36)20-22-5-7-24(8-6-22)28(37)34-17-11-30(12-18-34)21-31-13-19-40-30/h3-9,14,31H,2,10-13,15-21H2,1H3. The number of amides is 2. The minimum absolute atomic E-state index is 0.0722. The Morgan fingerprint density at radius 3 is 2.62 bits per heavy atom. The summed E-state index contributed by atoms with van der Waals surface area (Å²) >= 11 is 0. The van der Waals surface area contributed by atoms with Crippen molar-refractivity contribution in [3.05, 3.63) is 71.2 Å². The normalized spacial score (nSPS) is 19.1. The molecule has 0 saturated carbocycles. The van der Waals surface area contributed by atoms with Crippen LogP contribution in [-0.4, -0.2) is 94.5 Å². The van der Waals surface area contributed by atoms with E-state index in [1.165, 1.54) is 0 Å². The molecule has 40 heavy (non-hydrogen) atoms. The zero-order valence-electron chi connectivity index (χ0n) is 23.0. The molecule has 3 aliphatic heterocycles. The van der Waals surface area contributed by atoms with E-state index < -0.39 is 0 Å². The van der Waals surface area contributed by atoms with Gasteiger partial charge < -0.3 is 24.6 Å². The molecule has 2 amide bonds. The molecule has 0 radical (unpaired) electrons. The van der Waals surface area contributed by atoms with Gasteiger partial charge in [0.2, 0.25) is 0 Å². The van der Waals surface area contributed by atoms with E-state index in [1.54, 1.807) is 4.90 Å². The Morgan fingerprint density at radius 2 is 1.93 bits per heavy atom. The van der Waals surface area contributed by atoms with Crippen LogP contribution in [0, 0.1) is 0 Å². The second-order valence-electron chi connectivity index (χ2n) is 10.7. The van der Waals surface area contributed by atoms with Crippen LogP contribution in [0.4, 0.5) is 4.79 Å². The van der Waals surface area contributed by atoms with Crippen LogP contribution in [0.5, 0.6) is 0 Å². The van der Waals surface area contributed by atoms with Gasteiger partial charge in [0.15, 0.2) is 11.5 Å². The maximum atomic E-state index is 13.1. The molecule has 6 rings (SSSR count). The van der Waals surface area contributed by atoms with Gasteiger partial charge in [-0.1, -0.05) is 18.2 Å². The van der Waals surface area contributed by atoms with Crippen molar-refractivity contribution in [1.29, 1.82) is 0 Å². The van der Waals surface area contributed by atoms with E-state index in [9.17, 15) is 9.59 Å². The predicted molar refractivity (Wildman–Crippen MR) is 150 cm³/mol. The van der Waals surface area contributed by atoms with Crippen molar-refractivity contribution < 1.29 is 19.1 Å². The van der Waals surface area contributed by atoms with Crippen molar-refractivity contribution in [3.63, 3.8) is 0 Å². The monoisotopic (exact) mass is 544 g/mol. The molecule has 2 saturated heterocycles. The first-order valence-corrected chi connectivity index (χ1v) is 14.2. The SMILES string of the molecule is CCOC(=O)N1CC=C(c2cccn3nc(Cc4ccc(C(=O)N5CCC6(CC5)CNCCO6)cc4)nc23)CC1. The van der Waals surface area contributed by atoms with Gasteiger partial charge in [0.05, 0.1) is 18.8 Å². The minimum Gasteiger partial charge on any atom is -0.450 e. The summed E-state index contributed by atoms with van der Waals surface area (Å²) in [5.41, 5.74) is 4.63. The highest BCUT2D eigenvalue weighted by Gasteiger charge is 2.38. The fourth-order valence-electron chi connectivity index (χ4n) is 5.85. The molecule has 0 atom stereocenters. The molecule has 1 N–H and O–H groups in total. The van der Waals surface area contributed by atoms with Crippen LogP contribution in [0.25, 0.3) is 11.2 Å². The summed E-state index contributed by atoms with van der Waals surface area (Å²) in [6.45, 7) is 7.26. The first kappa shape index (κ1) is 26.5. The van der Waals surface area contributed by atoms with Gasteiger partial charge in [-0.25, -0.2) is 14.3 Å². The highest BCUT2D eigenvalue weighted by molar-refractivity contribution is 5.94. The van der Waals surface area contributed by atoms with Gasteiger partial charge in [-0.2, -0.15) is 5.10 Å². The van der Waals surface area contributed by atoms with Crippen LogP contribution in [0.1, 0.15) is 53.5 Å². The van der Waals surface area contributed by atoms with Crippen molar-refractivity contribution in [2.24, 2.45) is 0 Å². The van der Waals surface area contributed by atoms with E-state index in [-0.39, 0.29) is 17.6 Å². The number of aromatic nitrogens is 3. The third-order valence-electron chi connectivity index (χ3n) is 8.15. The molecule has 10 heteroatoms. The van der Waals surface area contributed by atoms with E-state index in [0.29, 0.717) is 44.8 Å². The van der Waals surface area contributed by atoms with E-state index in [2.05, 4.69) is 17.5 Å². The van der Waals surface area contributed by atoms with Gasteiger partial charge in [-0.3, -0.25) is 4.79 Å². The van der Waals surface area contributed by atoms with E-state index in [4.69, 9.17) is 19.6 Å². The topological polar surface area (TPSA) is 101 Å². The number of ether oxygens (including phenoxy) is 2. The molecule has 0 bridgehead atoms. The quantitative estimate of drug-likeness (QED) is 0.527. The summed E-state index contributed by atoms with van der Waals surface area (Å²) in [7, 11) is 0. The fraction of sp³-hybridized carbons (Fsp3) is 0.467. The van der Waals surface area contributed by atoms with Crippen LogP contribution in [0.2, 0.25) is 0 Å². The number of morpholine rings is 1. The lowest BCUT2D eigenvalue weighted by Crippen LogP contribution is -2.56. The molecule has 10 nitrogen and oxygen atoms in total. The first-order chi connectivity index (χ1) is 19.5. The van der Waals surface area contributed by atoms with Gasteiger partial charge in [-0.05, 0) is 61.6 Å². The molecule has 0 aliphatic carbocycles. The largest absolute Gasteiger partial charge is 0.450 e. The Hall–Kier alpha value is -3.76. The Labute approximate surface area is 233 Å². The van der Waals surface area contributed by atoms with Crippen LogP contribution >= 0.6 is 0 Å². The average molecular weight is 545 g/mol. The van der Waals surface area contributed by atoms with E-state index >= 15 is 0 Å². The maximum absolute atomic E-state index is 13.1. The highest BCUT2D eigenvalue weighted by atomic mass is 16.6. The van der Waals surface area contributed by atoms with Crippen molar-refractivity contribution in [1.82, 2.24) is 29.7 Å². The Morgan fingerprint density at radius 1 is 1.10 bits per heavy atom. The number of likely N-dealkylation sites (tertiary alicyclic amines) is 1. The highest BCUT2D eigenvalue weighted by Crippen LogP contribution is 2.29. The predicted octanol–water partition coefficient (Wildman–Crippen LogP) is 3.16. The fourth-order valence-corrected chi connectivity index (χ4v) is 5.85. The molecule has 2 fully saturated rings. The zero-order valence-corrected chi connectivity index (χ0v) is 23.0. The molecule has 3 aliphatic rings. The molecule has 1 spiro atoms. The van der Waals surface area contributed by atoms with Gasteiger partial charge in [0.1, 0.15) is 0 Å². The Balaban J connectivity index is 1.10. The summed E-state index contributed by atoms with van der Waals surface area (Å²) < 4.78 is 13.0. The number of pyridine rings is 1. The molecule has 1 aromatic carbocycles. The summed E-state index contributed by atoms with van der Waals surface area (Å²) in [4.78, 5) is 33.7. The summed E-state index contributed by atoms with van der Waals surface area (Å²) in [6, 6.07) is 11.8. The molecular weight excluding hydrogens is 508 g/mol. The van der Waals surface area contributed by atoms with Gasteiger partial charge >= 0.3 is 6.09 Å². The number of carbonyl (C=O) groups is 2. The second kappa shape index (κ2) is 11.4. The average Bonchev–Trinajstić information content (AvgIpc) is 3.41. The number of piperidine rings is 1. The van der Waals surface area contributed by atoms with E-state index in [0.717, 1.165) is 67.1 Å². The number of nitrogens with zero attached hydrogens (tertiary/aromatic N) is 5. The third kappa shape index (κ3) is 5.46. The molecular formula is C30H36N6O4. The van der Waals surface area contributed by atoms with Crippen LogP contribution in [0.15, 0.2) is 48.7 Å².